The predicted octanol–water partition coefficient (Wildman–Crippen LogP) is 1.76. The number of carbonyl (C=O) groups is 1. The van der Waals surface area contributed by atoms with E-state index >= 15 is 0 Å². The quantitative estimate of drug-likeness (QED) is 0.737. The number of hydrogen-bond acceptors (Lipinski definition) is 2. The third-order valence-corrected chi connectivity index (χ3v) is 4.13. The molecular formula is C13H24N2O. The highest BCUT2D eigenvalue weighted by Crippen LogP contribution is 2.30. The molecule has 1 amide bonds. The summed E-state index contributed by atoms with van der Waals surface area (Å²) in [7, 11) is 0. The number of amides is 1. The van der Waals surface area contributed by atoms with Crippen LogP contribution in [0.25, 0.3) is 0 Å². The Morgan fingerprint density at radius 1 is 1.19 bits per heavy atom. The highest BCUT2D eigenvalue weighted by molar-refractivity contribution is 5.79. The topological polar surface area (TPSA) is 46.3 Å². The normalized spacial score (nSPS) is 36.1. The van der Waals surface area contributed by atoms with Gasteiger partial charge in [-0.2, -0.15) is 0 Å². The zero-order valence-electron chi connectivity index (χ0n) is 10.3. The van der Waals surface area contributed by atoms with Crippen LogP contribution in [0.5, 0.6) is 0 Å². The van der Waals surface area contributed by atoms with Crippen molar-refractivity contribution in [1.82, 2.24) is 4.90 Å². The van der Waals surface area contributed by atoms with Crippen molar-refractivity contribution in [1.29, 1.82) is 0 Å². The van der Waals surface area contributed by atoms with E-state index in [4.69, 9.17) is 5.73 Å². The fourth-order valence-electron chi connectivity index (χ4n) is 2.98. The molecule has 1 saturated heterocycles. The average Bonchev–Trinajstić information content (AvgIpc) is 2.29. The maximum atomic E-state index is 12.3. The molecule has 16 heavy (non-hydrogen) atoms. The monoisotopic (exact) mass is 224 g/mol. The molecular weight excluding hydrogens is 200 g/mol. The minimum Gasteiger partial charge on any atom is -0.341 e. The summed E-state index contributed by atoms with van der Waals surface area (Å²) in [5.74, 6) is 1.48. The van der Waals surface area contributed by atoms with Crippen molar-refractivity contribution >= 4 is 5.91 Å². The second kappa shape index (κ2) is 5.17. The summed E-state index contributed by atoms with van der Waals surface area (Å²) in [6, 6.07) is 0.209. The molecule has 1 heterocycles. The van der Waals surface area contributed by atoms with Crippen LogP contribution in [0.2, 0.25) is 0 Å². The van der Waals surface area contributed by atoms with E-state index in [0.29, 0.717) is 11.8 Å². The number of nitrogens with zero attached hydrogens (tertiary/aromatic N) is 1. The first-order chi connectivity index (χ1) is 7.66. The molecule has 0 aromatic carbocycles. The SMILES string of the molecule is CC1CCC(C(=O)N2CCCC(N)C2)CC1. The Balaban J connectivity index is 1.86. The smallest absolute Gasteiger partial charge is 0.225 e. The van der Waals surface area contributed by atoms with Crippen molar-refractivity contribution in [2.24, 2.45) is 17.6 Å². The van der Waals surface area contributed by atoms with Crippen molar-refractivity contribution in [3.63, 3.8) is 0 Å². The standard InChI is InChI=1S/C13H24N2O/c1-10-4-6-11(7-5-10)13(16)15-8-2-3-12(14)9-15/h10-12H,2-9,14H2,1H3. The largest absolute Gasteiger partial charge is 0.341 e. The van der Waals surface area contributed by atoms with E-state index in [1.54, 1.807) is 0 Å². The molecule has 1 aliphatic carbocycles. The van der Waals surface area contributed by atoms with Gasteiger partial charge in [0.2, 0.25) is 5.91 Å². The Morgan fingerprint density at radius 2 is 1.88 bits per heavy atom. The number of nitrogens with two attached hydrogens (primary N) is 1. The fourth-order valence-corrected chi connectivity index (χ4v) is 2.98. The molecule has 92 valence electrons. The summed E-state index contributed by atoms with van der Waals surface area (Å²) >= 11 is 0. The highest BCUT2D eigenvalue weighted by atomic mass is 16.2. The van der Waals surface area contributed by atoms with Crippen molar-refractivity contribution in [3.8, 4) is 0 Å². The van der Waals surface area contributed by atoms with Gasteiger partial charge in [-0.05, 0) is 44.4 Å². The fraction of sp³-hybridized carbons (Fsp3) is 0.923. The number of carbonyl (C=O) groups excluding carboxylic acids is 1. The molecule has 1 saturated carbocycles. The van der Waals surface area contributed by atoms with Crippen molar-refractivity contribution < 1.29 is 4.79 Å². The van der Waals surface area contributed by atoms with Crippen LogP contribution in [0.3, 0.4) is 0 Å². The third kappa shape index (κ3) is 2.76. The first-order valence-electron chi connectivity index (χ1n) is 6.71. The van der Waals surface area contributed by atoms with E-state index in [-0.39, 0.29) is 6.04 Å². The van der Waals surface area contributed by atoms with E-state index in [9.17, 15) is 4.79 Å². The van der Waals surface area contributed by atoms with Crippen LogP contribution < -0.4 is 5.73 Å². The van der Waals surface area contributed by atoms with Crippen LogP contribution in [0, 0.1) is 11.8 Å². The van der Waals surface area contributed by atoms with Crippen molar-refractivity contribution in [2.45, 2.75) is 51.5 Å². The maximum Gasteiger partial charge on any atom is 0.225 e. The van der Waals surface area contributed by atoms with E-state index in [1.165, 1.54) is 12.8 Å². The molecule has 2 aliphatic rings. The van der Waals surface area contributed by atoms with Gasteiger partial charge in [0, 0.05) is 25.0 Å². The summed E-state index contributed by atoms with van der Waals surface area (Å²) < 4.78 is 0. The van der Waals surface area contributed by atoms with Gasteiger partial charge in [-0.1, -0.05) is 6.92 Å². The van der Waals surface area contributed by atoms with Gasteiger partial charge in [0.15, 0.2) is 0 Å². The van der Waals surface area contributed by atoms with Crippen molar-refractivity contribution in [3.05, 3.63) is 0 Å². The second-order valence-electron chi connectivity index (χ2n) is 5.64. The third-order valence-electron chi connectivity index (χ3n) is 4.13. The lowest BCUT2D eigenvalue weighted by molar-refractivity contribution is -0.138. The average molecular weight is 224 g/mol. The van der Waals surface area contributed by atoms with Crippen LogP contribution in [-0.2, 0) is 4.79 Å². The van der Waals surface area contributed by atoms with Crippen molar-refractivity contribution in [2.75, 3.05) is 13.1 Å². The molecule has 1 unspecified atom stereocenters. The van der Waals surface area contributed by atoms with Gasteiger partial charge >= 0.3 is 0 Å². The lowest BCUT2D eigenvalue weighted by Crippen LogP contribution is -2.48. The van der Waals surface area contributed by atoms with Crippen LogP contribution in [0.15, 0.2) is 0 Å². The molecule has 3 nitrogen and oxygen atoms in total. The van der Waals surface area contributed by atoms with Crippen LogP contribution in [0.4, 0.5) is 0 Å². The molecule has 2 N–H and O–H groups in total. The Kier molecular flexibility index (Phi) is 3.85. The summed E-state index contributed by atoms with van der Waals surface area (Å²) in [6.07, 6.45) is 6.77. The molecule has 0 spiro atoms. The minimum atomic E-state index is 0.209. The summed E-state index contributed by atoms with van der Waals surface area (Å²) in [5.41, 5.74) is 5.92. The van der Waals surface area contributed by atoms with Gasteiger partial charge in [-0.15, -0.1) is 0 Å². The molecule has 3 heteroatoms. The zero-order chi connectivity index (χ0) is 11.5. The van der Waals surface area contributed by atoms with Crippen LogP contribution in [0.1, 0.15) is 45.4 Å². The number of piperidine rings is 1. The van der Waals surface area contributed by atoms with Gasteiger partial charge in [-0.25, -0.2) is 0 Å². The summed E-state index contributed by atoms with van der Waals surface area (Å²) in [4.78, 5) is 14.3. The van der Waals surface area contributed by atoms with Crippen LogP contribution in [-0.4, -0.2) is 29.9 Å². The van der Waals surface area contributed by atoms with Gasteiger partial charge in [0.25, 0.3) is 0 Å². The molecule has 2 rings (SSSR count). The molecule has 1 aliphatic heterocycles. The Morgan fingerprint density at radius 3 is 2.50 bits per heavy atom. The molecule has 0 aromatic rings. The van der Waals surface area contributed by atoms with Gasteiger partial charge in [0.1, 0.15) is 0 Å². The van der Waals surface area contributed by atoms with Gasteiger partial charge in [-0.3, -0.25) is 4.79 Å². The molecule has 2 fully saturated rings. The molecule has 1 atom stereocenters. The first kappa shape index (κ1) is 11.9. The number of hydrogen-bond donors (Lipinski definition) is 1. The van der Waals surface area contributed by atoms with Gasteiger partial charge in [0.05, 0.1) is 0 Å². The van der Waals surface area contributed by atoms with Crippen LogP contribution >= 0.6 is 0 Å². The lowest BCUT2D eigenvalue weighted by Gasteiger charge is -2.35. The second-order valence-corrected chi connectivity index (χ2v) is 5.64. The maximum absolute atomic E-state index is 12.3. The Labute approximate surface area is 98.4 Å². The predicted molar refractivity (Wildman–Crippen MR) is 64.9 cm³/mol. The first-order valence-corrected chi connectivity index (χ1v) is 6.71. The zero-order valence-corrected chi connectivity index (χ0v) is 10.3. The highest BCUT2D eigenvalue weighted by Gasteiger charge is 2.30. The van der Waals surface area contributed by atoms with E-state index in [2.05, 4.69) is 6.92 Å². The summed E-state index contributed by atoms with van der Waals surface area (Å²) in [6.45, 7) is 4.00. The number of rotatable bonds is 1. The summed E-state index contributed by atoms with van der Waals surface area (Å²) in [5, 5.41) is 0. The van der Waals surface area contributed by atoms with E-state index in [0.717, 1.165) is 44.7 Å². The number of likely N-dealkylation sites (tertiary alicyclic amines) is 1. The molecule has 0 bridgehead atoms. The lowest BCUT2D eigenvalue weighted by atomic mass is 9.82. The molecule has 0 aromatic heterocycles. The Hall–Kier alpha value is -0.570. The Bertz CT molecular complexity index is 246. The van der Waals surface area contributed by atoms with Gasteiger partial charge < -0.3 is 10.6 Å². The van der Waals surface area contributed by atoms with E-state index < -0.39 is 0 Å². The van der Waals surface area contributed by atoms with E-state index in [1.807, 2.05) is 4.90 Å². The molecule has 0 radical (unpaired) electrons. The minimum absolute atomic E-state index is 0.209.